The van der Waals surface area contributed by atoms with Gasteiger partial charge < -0.3 is 14.5 Å². The van der Waals surface area contributed by atoms with Crippen LogP contribution in [0, 0.1) is 6.92 Å². The Kier molecular flexibility index (Phi) is 5.55. The van der Waals surface area contributed by atoms with Crippen molar-refractivity contribution >= 4 is 22.7 Å². The van der Waals surface area contributed by atoms with Crippen LogP contribution in [-0.4, -0.2) is 22.5 Å². The standard InChI is InChI=1S/C27H21N3O3/c1-18-4-2-3-5-24(18)32-17-26(31)29-22-9-6-20(7-10-22)27-30-23-16-21(8-11-25(23)33-27)19-12-14-28-15-13-19/h2-16H,17H2,1H3,(H,29,31). The fourth-order valence-corrected chi connectivity index (χ4v) is 3.53. The lowest BCUT2D eigenvalue weighted by Crippen LogP contribution is -2.20. The molecule has 6 heteroatoms. The summed E-state index contributed by atoms with van der Waals surface area (Å²) < 4.78 is 11.5. The zero-order chi connectivity index (χ0) is 22.6. The molecule has 0 unspecified atom stereocenters. The Balaban J connectivity index is 1.27. The van der Waals surface area contributed by atoms with E-state index in [1.807, 2.05) is 85.8 Å². The summed E-state index contributed by atoms with van der Waals surface area (Å²) in [5.74, 6) is 1.00. The fraction of sp³-hybridized carbons (Fsp3) is 0.0741. The van der Waals surface area contributed by atoms with Gasteiger partial charge in [0.15, 0.2) is 12.2 Å². The Morgan fingerprint density at radius 2 is 1.67 bits per heavy atom. The highest BCUT2D eigenvalue weighted by Gasteiger charge is 2.11. The second-order valence-corrected chi connectivity index (χ2v) is 7.62. The van der Waals surface area contributed by atoms with E-state index in [4.69, 9.17) is 9.15 Å². The number of aromatic nitrogens is 2. The molecule has 5 aromatic rings. The third kappa shape index (κ3) is 4.60. The first-order valence-electron chi connectivity index (χ1n) is 10.6. The van der Waals surface area contributed by atoms with Crippen LogP contribution in [0.25, 0.3) is 33.7 Å². The number of carbonyl (C=O) groups is 1. The molecule has 5 rings (SSSR count). The molecule has 2 aromatic heterocycles. The summed E-state index contributed by atoms with van der Waals surface area (Å²) in [4.78, 5) is 21.0. The minimum Gasteiger partial charge on any atom is -0.483 e. The van der Waals surface area contributed by atoms with Gasteiger partial charge in [0, 0.05) is 23.6 Å². The molecule has 6 nitrogen and oxygen atoms in total. The third-order valence-electron chi connectivity index (χ3n) is 5.27. The minimum atomic E-state index is -0.225. The molecule has 0 atom stereocenters. The average molecular weight is 435 g/mol. The van der Waals surface area contributed by atoms with Crippen LogP contribution in [0.4, 0.5) is 5.69 Å². The van der Waals surface area contributed by atoms with Gasteiger partial charge in [0.25, 0.3) is 5.91 Å². The summed E-state index contributed by atoms with van der Waals surface area (Å²) in [6.45, 7) is 1.88. The van der Waals surface area contributed by atoms with E-state index >= 15 is 0 Å². The van der Waals surface area contributed by atoms with Gasteiger partial charge >= 0.3 is 0 Å². The number of carbonyl (C=O) groups excluding carboxylic acids is 1. The summed E-state index contributed by atoms with van der Waals surface area (Å²) in [6, 6.07) is 24.8. The normalized spacial score (nSPS) is 10.8. The number of nitrogens with zero attached hydrogens (tertiary/aromatic N) is 2. The summed E-state index contributed by atoms with van der Waals surface area (Å²) in [7, 11) is 0. The van der Waals surface area contributed by atoms with Crippen LogP contribution in [0.3, 0.4) is 0 Å². The van der Waals surface area contributed by atoms with Gasteiger partial charge in [0.2, 0.25) is 5.89 Å². The average Bonchev–Trinajstić information content (AvgIpc) is 3.28. The molecular weight excluding hydrogens is 414 g/mol. The summed E-state index contributed by atoms with van der Waals surface area (Å²) in [6.07, 6.45) is 3.53. The number of anilines is 1. The minimum absolute atomic E-state index is 0.0580. The Labute approximate surface area is 190 Å². The van der Waals surface area contributed by atoms with E-state index in [-0.39, 0.29) is 12.5 Å². The van der Waals surface area contributed by atoms with E-state index in [2.05, 4.69) is 15.3 Å². The number of rotatable bonds is 6. The van der Waals surface area contributed by atoms with Gasteiger partial charge in [0.05, 0.1) is 0 Å². The molecule has 162 valence electrons. The van der Waals surface area contributed by atoms with Crippen LogP contribution in [0.5, 0.6) is 5.75 Å². The van der Waals surface area contributed by atoms with Gasteiger partial charge in [-0.15, -0.1) is 0 Å². The van der Waals surface area contributed by atoms with Crippen molar-refractivity contribution in [1.29, 1.82) is 0 Å². The van der Waals surface area contributed by atoms with E-state index in [0.29, 0.717) is 22.9 Å². The SMILES string of the molecule is Cc1ccccc1OCC(=O)Nc1ccc(-c2nc3cc(-c4ccncc4)ccc3o2)cc1. The Hall–Kier alpha value is -4.45. The predicted molar refractivity (Wildman–Crippen MR) is 128 cm³/mol. The maximum absolute atomic E-state index is 12.2. The molecule has 2 heterocycles. The number of hydrogen-bond donors (Lipinski definition) is 1. The highest BCUT2D eigenvalue weighted by atomic mass is 16.5. The predicted octanol–water partition coefficient (Wildman–Crippen LogP) is 5.88. The van der Waals surface area contributed by atoms with Crippen LogP contribution in [0.1, 0.15) is 5.56 Å². The van der Waals surface area contributed by atoms with E-state index in [9.17, 15) is 4.79 Å². The van der Waals surface area contributed by atoms with Gasteiger partial charge in [-0.3, -0.25) is 9.78 Å². The van der Waals surface area contributed by atoms with Gasteiger partial charge in [-0.25, -0.2) is 4.98 Å². The number of oxazole rings is 1. The number of hydrogen-bond acceptors (Lipinski definition) is 5. The molecule has 0 aliphatic carbocycles. The van der Waals surface area contributed by atoms with Crippen molar-refractivity contribution in [3.8, 4) is 28.3 Å². The molecule has 0 aliphatic heterocycles. The topological polar surface area (TPSA) is 77.2 Å². The molecule has 0 saturated heterocycles. The molecule has 0 saturated carbocycles. The summed E-state index contributed by atoms with van der Waals surface area (Å²) >= 11 is 0. The maximum Gasteiger partial charge on any atom is 0.262 e. The molecule has 1 N–H and O–H groups in total. The third-order valence-corrected chi connectivity index (χ3v) is 5.27. The molecule has 33 heavy (non-hydrogen) atoms. The van der Waals surface area contributed by atoms with Crippen LogP contribution in [0.15, 0.2) is 95.7 Å². The smallest absolute Gasteiger partial charge is 0.262 e. The molecule has 0 bridgehead atoms. The zero-order valence-corrected chi connectivity index (χ0v) is 18.0. The Morgan fingerprint density at radius 3 is 2.45 bits per heavy atom. The first-order chi connectivity index (χ1) is 16.2. The second-order valence-electron chi connectivity index (χ2n) is 7.62. The molecule has 0 radical (unpaired) electrons. The molecule has 0 aliphatic rings. The van der Waals surface area contributed by atoms with Crippen molar-refractivity contribution in [1.82, 2.24) is 9.97 Å². The Bertz CT molecular complexity index is 1410. The van der Waals surface area contributed by atoms with Gasteiger partial charge in [-0.1, -0.05) is 24.3 Å². The van der Waals surface area contributed by atoms with Crippen LogP contribution >= 0.6 is 0 Å². The quantitative estimate of drug-likeness (QED) is 0.360. The number of fused-ring (bicyclic) bond motifs is 1. The first kappa shape index (κ1) is 20.5. The van der Waals surface area contributed by atoms with E-state index in [1.54, 1.807) is 12.4 Å². The lowest BCUT2D eigenvalue weighted by atomic mass is 10.1. The van der Waals surface area contributed by atoms with Crippen molar-refractivity contribution in [3.63, 3.8) is 0 Å². The number of benzene rings is 3. The van der Waals surface area contributed by atoms with Crippen molar-refractivity contribution in [2.45, 2.75) is 6.92 Å². The first-order valence-corrected chi connectivity index (χ1v) is 10.6. The molecule has 0 fully saturated rings. The van der Waals surface area contributed by atoms with Gasteiger partial charge in [0.1, 0.15) is 11.3 Å². The fourth-order valence-electron chi connectivity index (χ4n) is 3.53. The van der Waals surface area contributed by atoms with Crippen molar-refractivity contribution in [2.24, 2.45) is 0 Å². The van der Waals surface area contributed by atoms with Crippen LogP contribution in [-0.2, 0) is 4.79 Å². The Morgan fingerprint density at radius 1 is 0.909 bits per heavy atom. The van der Waals surface area contributed by atoms with Crippen LogP contribution in [0.2, 0.25) is 0 Å². The number of nitrogens with one attached hydrogen (secondary N) is 1. The zero-order valence-electron chi connectivity index (χ0n) is 18.0. The largest absolute Gasteiger partial charge is 0.483 e. The molecule has 0 spiro atoms. The molecular formula is C27H21N3O3. The maximum atomic E-state index is 12.2. The van der Waals surface area contributed by atoms with Crippen molar-refractivity contribution in [3.05, 3.63) is 96.8 Å². The summed E-state index contributed by atoms with van der Waals surface area (Å²) in [5.41, 5.74) is 6.11. The monoisotopic (exact) mass is 435 g/mol. The van der Waals surface area contributed by atoms with E-state index < -0.39 is 0 Å². The number of aryl methyl sites for hydroxylation is 1. The van der Waals surface area contributed by atoms with E-state index in [0.717, 1.165) is 27.8 Å². The van der Waals surface area contributed by atoms with Gasteiger partial charge in [-0.2, -0.15) is 0 Å². The van der Waals surface area contributed by atoms with E-state index in [1.165, 1.54) is 0 Å². The highest BCUT2D eigenvalue weighted by Crippen LogP contribution is 2.29. The number of pyridine rings is 1. The van der Waals surface area contributed by atoms with Crippen molar-refractivity contribution in [2.75, 3.05) is 11.9 Å². The number of amides is 1. The van der Waals surface area contributed by atoms with Crippen molar-refractivity contribution < 1.29 is 13.9 Å². The lowest BCUT2D eigenvalue weighted by molar-refractivity contribution is -0.118. The second kappa shape index (κ2) is 8.96. The number of ether oxygens (including phenoxy) is 1. The summed E-state index contributed by atoms with van der Waals surface area (Å²) in [5, 5.41) is 2.84. The van der Waals surface area contributed by atoms with Gasteiger partial charge in [-0.05, 0) is 78.2 Å². The van der Waals surface area contributed by atoms with Crippen LogP contribution < -0.4 is 10.1 Å². The molecule has 3 aromatic carbocycles. The highest BCUT2D eigenvalue weighted by molar-refractivity contribution is 5.92. The number of para-hydroxylation sites is 1. The lowest BCUT2D eigenvalue weighted by Gasteiger charge is -2.09. The molecule has 1 amide bonds.